The zero-order valence-corrected chi connectivity index (χ0v) is 20.6. The third kappa shape index (κ3) is 4.66. The number of nitrogens with zero attached hydrogens (tertiary/aromatic N) is 2. The van der Waals surface area contributed by atoms with E-state index in [-0.39, 0.29) is 52.6 Å². The summed E-state index contributed by atoms with van der Waals surface area (Å²) in [7, 11) is 0. The molecule has 2 aliphatic heterocycles. The van der Waals surface area contributed by atoms with Crippen LogP contribution in [0.25, 0.3) is 0 Å². The number of amides is 1. The van der Waals surface area contributed by atoms with Crippen LogP contribution in [0.5, 0.6) is 0 Å². The molecule has 1 amide bonds. The third-order valence-corrected chi connectivity index (χ3v) is 7.99. The minimum absolute atomic E-state index is 0.00903. The Morgan fingerprint density at radius 3 is 2.58 bits per heavy atom. The molecule has 0 radical (unpaired) electrons. The summed E-state index contributed by atoms with van der Waals surface area (Å²) < 4.78 is 43.4. The predicted octanol–water partition coefficient (Wildman–Crippen LogP) is 4.56. The van der Waals surface area contributed by atoms with Gasteiger partial charge in [0.25, 0.3) is 5.91 Å². The van der Waals surface area contributed by atoms with Gasteiger partial charge in [-0.25, -0.2) is 10.5 Å². The average Bonchev–Trinajstić information content (AvgIpc) is 3.39. The lowest BCUT2D eigenvalue weighted by atomic mass is 9.79. The van der Waals surface area contributed by atoms with E-state index in [0.717, 1.165) is 0 Å². The van der Waals surface area contributed by atoms with Crippen LogP contribution >= 0.6 is 51.3 Å². The molecule has 6 nitrogen and oxygen atoms in total. The first kappa shape index (κ1) is 24.5. The van der Waals surface area contributed by atoms with Crippen LogP contribution in [0, 0.1) is 0 Å². The highest BCUT2D eigenvalue weighted by atomic mass is 79.9. The number of carbonyl (C=O) groups excluding carboxylic acids is 1. The van der Waals surface area contributed by atoms with Crippen LogP contribution in [-0.4, -0.2) is 47.8 Å². The fourth-order valence-corrected chi connectivity index (χ4v) is 4.85. The Balaban J connectivity index is 1.55. The highest BCUT2D eigenvalue weighted by Gasteiger charge is 2.59. The van der Waals surface area contributed by atoms with Gasteiger partial charge in [0.2, 0.25) is 0 Å². The average molecular weight is 584 g/mol. The van der Waals surface area contributed by atoms with Crippen molar-refractivity contribution in [2.75, 3.05) is 24.6 Å². The van der Waals surface area contributed by atoms with Gasteiger partial charge in [0, 0.05) is 24.8 Å². The molecule has 3 heterocycles. The van der Waals surface area contributed by atoms with Crippen LogP contribution in [0.15, 0.2) is 34.9 Å². The highest BCUT2D eigenvalue weighted by Crippen LogP contribution is 2.50. The Hall–Kier alpha value is -1.66. The Morgan fingerprint density at radius 2 is 2.03 bits per heavy atom. The quantitative estimate of drug-likeness (QED) is 0.406. The molecule has 2 aliphatic rings. The second-order valence-corrected chi connectivity index (χ2v) is 9.73. The number of thiocarbonyl (C=S) groups is 1. The van der Waals surface area contributed by atoms with Crippen molar-refractivity contribution in [3.63, 3.8) is 0 Å². The van der Waals surface area contributed by atoms with E-state index in [4.69, 9.17) is 40.3 Å². The minimum atomic E-state index is -4.53. The molecule has 2 N–H and O–H groups in total. The number of aromatic nitrogens is 1. The van der Waals surface area contributed by atoms with E-state index in [1.165, 1.54) is 18.3 Å². The van der Waals surface area contributed by atoms with Crippen LogP contribution in [0.4, 0.5) is 19.0 Å². The van der Waals surface area contributed by atoms with Gasteiger partial charge in [0.05, 0.1) is 14.5 Å². The largest absolute Gasteiger partial charge is 0.400 e. The number of nitrogens with one attached hydrogen (secondary N) is 2. The molecule has 1 aromatic heterocycles. The molecule has 1 aromatic carbocycles. The van der Waals surface area contributed by atoms with Gasteiger partial charge < -0.3 is 10.2 Å². The van der Waals surface area contributed by atoms with Crippen LogP contribution in [0.2, 0.25) is 10.0 Å². The number of benzene rings is 1. The summed E-state index contributed by atoms with van der Waals surface area (Å²) in [5.41, 5.74) is 0.615. The molecule has 2 unspecified atom stereocenters. The molecule has 2 fully saturated rings. The molecular weight excluding hydrogens is 568 g/mol. The van der Waals surface area contributed by atoms with Crippen molar-refractivity contribution in [2.24, 2.45) is 0 Å². The fraction of sp³-hybridized carbons (Fsp3) is 0.350. The van der Waals surface area contributed by atoms with Crippen molar-refractivity contribution in [3.8, 4) is 0 Å². The summed E-state index contributed by atoms with van der Waals surface area (Å²) in [6, 6.07) is 5.23. The van der Waals surface area contributed by atoms with Gasteiger partial charge in [-0.15, -0.1) is 0 Å². The zero-order valence-electron chi connectivity index (χ0n) is 16.7. The van der Waals surface area contributed by atoms with E-state index < -0.39 is 17.6 Å². The SMILES string of the molecule is O=C1NOCC1NC(=S)c1ccc(N2CCC(c3cc(Cl)c(Br)c(Cl)c3)(C(F)(F)F)C2)nc1. The summed E-state index contributed by atoms with van der Waals surface area (Å²) in [5, 5.41) is 3.10. The van der Waals surface area contributed by atoms with Crippen molar-refractivity contribution in [1.29, 1.82) is 0 Å². The Bertz CT molecular complexity index is 1080. The summed E-state index contributed by atoms with van der Waals surface area (Å²) in [6.07, 6.45) is -3.25. The molecule has 33 heavy (non-hydrogen) atoms. The maximum atomic E-state index is 14.3. The topological polar surface area (TPSA) is 66.5 Å². The van der Waals surface area contributed by atoms with Gasteiger partial charge >= 0.3 is 6.18 Å². The number of anilines is 1. The van der Waals surface area contributed by atoms with Gasteiger partial charge in [-0.1, -0.05) is 35.4 Å². The van der Waals surface area contributed by atoms with Crippen LogP contribution in [0.1, 0.15) is 17.5 Å². The Labute approximate surface area is 210 Å². The fourth-order valence-electron chi connectivity index (χ4n) is 3.87. The van der Waals surface area contributed by atoms with E-state index in [1.807, 2.05) is 0 Å². The van der Waals surface area contributed by atoms with E-state index in [9.17, 15) is 18.0 Å². The van der Waals surface area contributed by atoms with Crippen LogP contribution < -0.4 is 15.7 Å². The highest BCUT2D eigenvalue weighted by molar-refractivity contribution is 9.10. The van der Waals surface area contributed by atoms with Crippen molar-refractivity contribution in [2.45, 2.75) is 24.1 Å². The standard InChI is InChI=1S/C20H16BrCl2F3N4O2S/c21-16-12(22)5-11(6-13(16)23)19(20(24,25)26)3-4-30(9-19)15-2-1-10(7-27-15)18(33)28-14-8-32-29-17(14)31/h1-2,5-7,14H,3-4,8-9H2,(H,28,33)(H,29,31). The van der Waals surface area contributed by atoms with Gasteiger partial charge in [0.15, 0.2) is 0 Å². The van der Waals surface area contributed by atoms with Gasteiger partial charge in [-0.05, 0) is 52.2 Å². The van der Waals surface area contributed by atoms with E-state index in [1.54, 1.807) is 17.0 Å². The van der Waals surface area contributed by atoms with E-state index >= 15 is 0 Å². The molecule has 0 saturated carbocycles. The third-order valence-electron chi connectivity index (χ3n) is 5.73. The lowest BCUT2D eigenvalue weighted by molar-refractivity contribution is -0.184. The maximum Gasteiger partial charge on any atom is 0.400 e. The predicted molar refractivity (Wildman–Crippen MR) is 126 cm³/mol. The Morgan fingerprint density at radius 1 is 1.33 bits per heavy atom. The maximum absolute atomic E-state index is 14.3. The lowest BCUT2D eigenvalue weighted by Crippen LogP contribution is -2.45. The van der Waals surface area contributed by atoms with Crippen molar-refractivity contribution in [3.05, 3.63) is 56.1 Å². The first-order valence-electron chi connectivity index (χ1n) is 9.67. The Kier molecular flexibility index (Phi) is 6.81. The number of halogens is 6. The van der Waals surface area contributed by atoms with Gasteiger partial charge in [-0.2, -0.15) is 13.2 Å². The molecule has 2 atom stereocenters. The van der Waals surface area contributed by atoms with E-state index in [0.29, 0.717) is 15.9 Å². The van der Waals surface area contributed by atoms with Crippen LogP contribution in [-0.2, 0) is 15.0 Å². The zero-order chi connectivity index (χ0) is 24.0. The molecule has 13 heteroatoms. The summed E-state index contributed by atoms with van der Waals surface area (Å²) in [4.78, 5) is 22.6. The molecule has 176 valence electrons. The number of carbonyl (C=O) groups is 1. The molecule has 4 rings (SSSR count). The number of rotatable bonds is 4. The van der Waals surface area contributed by atoms with Crippen molar-refractivity contribution >= 4 is 68.1 Å². The number of alkyl halides is 3. The van der Waals surface area contributed by atoms with Crippen molar-refractivity contribution < 1.29 is 22.8 Å². The first-order valence-corrected chi connectivity index (χ1v) is 11.6. The first-order chi connectivity index (χ1) is 15.5. The monoisotopic (exact) mass is 582 g/mol. The molecule has 0 aliphatic carbocycles. The normalized spacial score (nSPS) is 23.0. The number of hydroxylamine groups is 1. The molecule has 2 aromatic rings. The number of hydrogen-bond acceptors (Lipinski definition) is 5. The van der Waals surface area contributed by atoms with E-state index in [2.05, 4.69) is 31.7 Å². The lowest BCUT2D eigenvalue weighted by Gasteiger charge is -2.33. The minimum Gasteiger partial charge on any atom is -0.362 e. The summed E-state index contributed by atoms with van der Waals surface area (Å²) >= 11 is 20.7. The molecule has 2 saturated heterocycles. The second kappa shape index (κ2) is 9.18. The van der Waals surface area contributed by atoms with Gasteiger partial charge in [-0.3, -0.25) is 9.63 Å². The molecular formula is C20H16BrCl2F3N4O2S. The second-order valence-electron chi connectivity index (χ2n) is 7.71. The smallest absolute Gasteiger partial charge is 0.362 e. The van der Waals surface area contributed by atoms with Gasteiger partial charge in [0.1, 0.15) is 28.9 Å². The summed E-state index contributed by atoms with van der Waals surface area (Å²) in [6.45, 7) is -0.0687. The number of hydrogen-bond donors (Lipinski definition) is 2. The van der Waals surface area contributed by atoms with Crippen molar-refractivity contribution in [1.82, 2.24) is 15.8 Å². The van der Waals surface area contributed by atoms with Crippen LogP contribution in [0.3, 0.4) is 0 Å². The summed E-state index contributed by atoms with van der Waals surface area (Å²) in [5.74, 6) is 0.0413. The number of pyridine rings is 1. The molecule has 0 bridgehead atoms. The molecule has 0 spiro atoms.